The predicted octanol–water partition coefficient (Wildman–Crippen LogP) is 1.36. The maximum absolute atomic E-state index is 5.21. The first kappa shape index (κ1) is 9.92. The van der Waals surface area contributed by atoms with Crippen molar-refractivity contribution in [1.29, 1.82) is 0 Å². The quantitative estimate of drug-likeness (QED) is 0.523. The van der Waals surface area contributed by atoms with Gasteiger partial charge in [-0.05, 0) is 26.9 Å². The van der Waals surface area contributed by atoms with E-state index in [0.29, 0.717) is 0 Å². The Bertz CT molecular complexity index is 66.3. The second-order valence-electron chi connectivity index (χ2n) is 2.50. The molecular formula is C8H19NO. The van der Waals surface area contributed by atoms with Gasteiger partial charge in [0.15, 0.2) is 0 Å². The van der Waals surface area contributed by atoms with E-state index in [2.05, 4.69) is 18.9 Å². The van der Waals surface area contributed by atoms with Gasteiger partial charge in [-0.2, -0.15) is 0 Å². The highest BCUT2D eigenvalue weighted by atomic mass is 16.5. The summed E-state index contributed by atoms with van der Waals surface area (Å²) in [6.07, 6.45) is 1.22. The Balaban J connectivity index is 2.97. The van der Waals surface area contributed by atoms with Crippen molar-refractivity contribution in [3.05, 3.63) is 0 Å². The van der Waals surface area contributed by atoms with Gasteiger partial charge in [0, 0.05) is 13.2 Å². The van der Waals surface area contributed by atoms with Gasteiger partial charge in [0.05, 0.1) is 6.61 Å². The third-order valence-electron chi connectivity index (χ3n) is 1.43. The molecule has 0 spiro atoms. The van der Waals surface area contributed by atoms with Crippen molar-refractivity contribution in [3.8, 4) is 0 Å². The van der Waals surface area contributed by atoms with Crippen molar-refractivity contribution in [1.82, 2.24) is 4.90 Å². The molecule has 0 saturated carbocycles. The van der Waals surface area contributed by atoms with Crippen LogP contribution in [0.15, 0.2) is 0 Å². The third kappa shape index (κ3) is 6.05. The fourth-order valence-corrected chi connectivity index (χ4v) is 0.858. The van der Waals surface area contributed by atoms with Gasteiger partial charge in [0.25, 0.3) is 0 Å². The predicted molar refractivity (Wildman–Crippen MR) is 44.3 cm³/mol. The summed E-state index contributed by atoms with van der Waals surface area (Å²) in [6, 6.07) is 0. The number of hydrogen-bond donors (Lipinski definition) is 0. The van der Waals surface area contributed by atoms with Crippen molar-refractivity contribution in [3.63, 3.8) is 0 Å². The molecule has 0 radical (unpaired) electrons. The molecule has 0 N–H and O–H groups in total. The highest BCUT2D eigenvalue weighted by Crippen LogP contribution is 1.85. The Hall–Kier alpha value is -0.0800. The van der Waals surface area contributed by atoms with E-state index in [1.807, 2.05) is 6.92 Å². The van der Waals surface area contributed by atoms with Crippen LogP contribution >= 0.6 is 0 Å². The van der Waals surface area contributed by atoms with E-state index < -0.39 is 0 Å². The van der Waals surface area contributed by atoms with Crippen LogP contribution in [0.2, 0.25) is 0 Å². The van der Waals surface area contributed by atoms with Crippen LogP contribution in [0.4, 0.5) is 0 Å². The monoisotopic (exact) mass is 145 g/mol. The van der Waals surface area contributed by atoms with E-state index in [9.17, 15) is 0 Å². The van der Waals surface area contributed by atoms with Gasteiger partial charge in [-0.3, -0.25) is 0 Å². The van der Waals surface area contributed by atoms with Crippen molar-refractivity contribution in [2.24, 2.45) is 0 Å². The molecule has 0 atom stereocenters. The summed E-state index contributed by atoms with van der Waals surface area (Å²) >= 11 is 0. The molecule has 62 valence electrons. The van der Waals surface area contributed by atoms with E-state index >= 15 is 0 Å². The molecule has 0 bridgehead atoms. The normalized spacial score (nSPS) is 10.8. The summed E-state index contributed by atoms with van der Waals surface area (Å²) in [6.45, 7) is 8.15. The van der Waals surface area contributed by atoms with Crippen LogP contribution in [-0.2, 0) is 4.74 Å². The average molecular weight is 145 g/mol. The van der Waals surface area contributed by atoms with Crippen LogP contribution in [0.3, 0.4) is 0 Å². The Kier molecular flexibility index (Phi) is 6.98. The summed E-state index contributed by atoms with van der Waals surface area (Å²) in [7, 11) is 2.13. The molecule has 0 saturated heterocycles. The number of nitrogens with zero attached hydrogens (tertiary/aromatic N) is 1. The molecule has 2 heteroatoms. The minimum atomic E-state index is 0.833. The molecule has 0 aliphatic rings. The standard InChI is InChI=1S/C8H19NO/c1-4-6-9(3)7-8-10-5-2/h4-8H2,1-3H3. The van der Waals surface area contributed by atoms with E-state index in [1.165, 1.54) is 13.0 Å². The summed E-state index contributed by atoms with van der Waals surface area (Å²) in [5, 5.41) is 0. The van der Waals surface area contributed by atoms with Crippen molar-refractivity contribution < 1.29 is 4.74 Å². The van der Waals surface area contributed by atoms with E-state index in [1.54, 1.807) is 0 Å². The lowest BCUT2D eigenvalue weighted by Crippen LogP contribution is -2.23. The van der Waals surface area contributed by atoms with Crippen LogP contribution in [0, 0.1) is 0 Å². The van der Waals surface area contributed by atoms with Crippen molar-refractivity contribution in [2.75, 3.05) is 33.4 Å². The largest absolute Gasteiger partial charge is 0.380 e. The smallest absolute Gasteiger partial charge is 0.0593 e. The SMILES string of the molecule is CCCN(C)CCOCC. The van der Waals surface area contributed by atoms with E-state index in [-0.39, 0.29) is 0 Å². The molecule has 0 fully saturated rings. The van der Waals surface area contributed by atoms with Gasteiger partial charge in [-0.15, -0.1) is 0 Å². The van der Waals surface area contributed by atoms with Crippen LogP contribution < -0.4 is 0 Å². The minimum absolute atomic E-state index is 0.833. The topological polar surface area (TPSA) is 12.5 Å². The van der Waals surface area contributed by atoms with Gasteiger partial charge >= 0.3 is 0 Å². The molecule has 0 amide bonds. The van der Waals surface area contributed by atoms with Gasteiger partial charge in [0.1, 0.15) is 0 Å². The first-order valence-corrected chi connectivity index (χ1v) is 4.07. The zero-order chi connectivity index (χ0) is 7.82. The lowest BCUT2D eigenvalue weighted by molar-refractivity contribution is 0.122. The molecular weight excluding hydrogens is 126 g/mol. The fourth-order valence-electron chi connectivity index (χ4n) is 0.858. The fraction of sp³-hybridized carbons (Fsp3) is 1.00. The van der Waals surface area contributed by atoms with Crippen molar-refractivity contribution >= 4 is 0 Å². The van der Waals surface area contributed by atoms with Gasteiger partial charge in [0.2, 0.25) is 0 Å². The second-order valence-corrected chi connectivity index (χ2v) is 2.50. The van der Waals surface area contributed by atoms with E-state index in [0.717, 1.165) is 19.8 Å². The number of ether oxygens (including phenoxy) is 1. The first-order chi connectivity index (χ1) is 4.81. The maximum atomic E-state index is 5.21. The lowest BCUT2D eigenvalue weighted by Gasteiger charge is -2.14. The summed E-state index contributed by atoms with van der Waals surface area (Å²) in [5.41, 5.74) is 0. The zero-order valence-electron chi connectivity index (χ0n) is 7.39. The van der Waals surface area contributed by atoms with Crippen LogP contribution in [0.1, 0.15) is 20.3 Å². The van der Waals surface area contributed by atoms with Gasteiger partial charge in [-0.1, -0.05) is 6.92 Å². The third-order valence-corrected chi connectivity index (χ3v) is 1.43. The average Bonchev–Trinajstić information content (AvgIpc) is 1.89. The van der Waals surface area contributed by atoms with Gasteiger partial charge < -0.3 is 9.64 Å². The highest BCUT2D eigenvalue weighted by Gasteiger charge is 1.93. The second kappa shape index (κ2) is 7.03. The summed E-state index contributed by atoms with van der Waals surface area (Å²) in [4.78, 5) is 2.29. The molecule has 0 aromatic rings. The Morgan fingerprint density at radius 2 is 1.90 bits per heavy atom. The molecule has 10 heavy (non-hydrogen) atoms. The van der Waals surface area contributed by atoms with E-state index in [4.69, 9.17) is 4.74 Å². The Morgan fingerprint density at radius 3 is 2.40 bits per heavy atom. The van der Waals surface area contributed by atoms with Crippen molar-refractivity contribution in [2.45, 2.75) is 20.3 Å². The maximum Gasteiger partial charge on any atom is 0.0593 e. The summed E-state index contributed by atoms with van der Waals surface area (Å²) in [5.74, 6) is 0. The molecule has 0 unspecified atom stereocenters. The molecule has 0 aliphatic carbocycles. The first-order valence-electron chi connectivity index (χ1n) is 4.07. The zero-order valence-corrected chi connectivity index (χ0v) is 7.39. The van der Waals surface area contributed by atoms with Crippen LogP contribution in [-0.4, -0.2) is 38.3 Å². The number of rotatable bonds is 6. The molecule has 0 aromatic carbocycles. The molecule has 0 heterocycles. The lowest BCUT2D eigenvalue weighted by atomic mass is 10.4. The minimum Gasteiger partial charge on any atom is -0.380 e. The molecule has 0 aromatic heterocycles. The molecule has 0 rings (SSSR count). The Labute approximate surface area is 64.2 Å². The Morgan fingerprint density at radius 1 is 1.20 bits per heavy atom. The van der Waals surface area contributed by atoms with Gasteiger partial charge in [-0.25, -0.2) is 0 Å². The van der Waals surface area contributed by atoms with Crippen LogP contribution in [0.5, 0.6) is 0 Å². The van der Waals surface area contributed by atoms with Crippen LogP contribution in [0.25, 0.3) is 0 Å². The molecule has 0 aliphatic heterocycles. The number of hydrogen-bond acceptors (Lipinski definition) is 2. The summed E-state index contributed by atoms with van der Waals surface area (Å²) < 4.78 is 5.21. The number of likely N-dealkylation sites (N-methyl/N-ethyl adjacent to an activating group) is 1. The highest BCUT2D eigenvalue weighted by molar-refractivity contribution is 4.47. The molecule has 2 nitrogen and oxygen atoms in total.